The predicted molar refractivity (Wildman–Crippen MR) is 70.8 cm³/mol. The lowest BCUT2D eigenvalue weighted by Gasteiger charge is -2.38. The summed E-state index contributed by atoms with van der Waals surface area (Å²) in [5.74, 6) is -0.0817. The topological polar surface area (TPSA) is 32.3 Å². The standard InChI is InChI=1S/C15H19FN2O/c1-2-13-15(19)18(12-7-4-8-12)14(17-13)10-5-3-6-11(16)9-10/h3,5-6,9,12-14,17H,2,4,7-8H2,1H3. The van der Waals surface area contributed by atoms with Gasteiger partial charge in [-0.2, -0.15) is 0 Å². The van der Waals surface area contributed by atoms with Crippen molar-refractivity contribution >= 4 is 5.91 Å². The molecule has 4 heteroatoms. The van der Waals surface area contributed by atoms with Gasteiger partial charge < -0.3 is 4.90 Å². The molecule has 3 rings (SSSR count). The lowest BCUT2D eigenvalue weighted by Crippen LogP contribution is -2.44. The summed E-state index contributed by atoms with van der Waals surface area (Å²) < 4.78 is 13.4. The second-order valence-corrected chi connectivity index (χ2v) is 5.42. The van der Waals surface area contributed by atoms with Crippen LogP contribution in [-0.2, 0) is 4.79 Å². The molecule has 0 radical (unpaired) electrons. The van der Waals surface area contributed by atoms with Crippen molar-refractivity contribution in [3.05, 3.63) is 35.6 Å². The normalized spacial score (nSPS) is 27.7. The number of nitrogens with zero attached hydrogens (tertiary/aromatic N) is 1. The van der Waals surface area contributed by atoms with Crippen LogP contribution in [0, 0.1) is 5.82 Å². The molecule has 1 amide bonds. The minimum absolute atomic E-state index is 0.131. The van der Waals surface area contributed by atoms with Gasteiger partial charge in [-0.05, 0) is 43.4 Å². The molecule has 19 heavy (non-hydrogen) atoms. The van der Waals surface area contributed by atoms with Gasteiger partial charge in [0.1, 0.15) is 12.0 Å². The Morgan fingerprint density at radius 2 is 2.21 bits per heavy atom. The van der Waals surface area contributed by atoms with E-state index in [2.05, 4.69) is 5.32 Å². The van der Waals surface area contributed by atoms with Crippen molar-refractivity contribution in [3.63, 3.8) is 0 Å². The van der Waals surface area contributed by atoms with Crippen LogP contribution in [0.3, 0.4) is 0 Å². The van der Waals surface area contributed by atoms with Crippen LogP contribution in [0.1, 0.15) is 44.3 Å². The van der Waals surface area contributed by atoms with Crippen molar-refractivity contribution < 1.29 is 9.18 Å². The number of carbonyl (C=O) groups excluding carboxylic acids is 1. The molecule has 1 aromatic carbocycles. The van der Waals surface area contributed by atoms with E-state index in [0.717, 1.165) is 24.8 Å². The fraction of sp³-hybridized carbons (Fsp3) is 0.533. The maximum Gasteiger partial charge on any atom is 0.241 e. The van der Waals surface area contributed by atoms with Crippen molar-refractivity contribution in [1.82, 2.24) is 10.2 Å². The SMILES string of the molecule is CCC1NC(c2cccc(F)c2)N(C2CCC2)C1=O. The molecule has 2 fully saturated rings. The highest BCUT2D eigenvalue weighted by Crippen LogP contribution is 2.35. The number of hydrogen-bond donors (Lipinski definition) is 1. The van der Waals surface area contributed by atoms with E-state index >= 15 is 0 Å². The molecule has 0 bridgehead atoms. The third-order valence-electron chi connectivity index (χ3n) is 4.23. The first-order valence-corrected chi connectivity index (χ1v) is 7.04. The van der Waals surface area contributed by atoms with E-state index in [1.807, 2.05) is 17.9 Å². The number of amides is 1. The van der Waals surface area contributed by atoms with Crippen LogP contribution in [0.2, 0.25) is 0 Å². The number of nitrogens with one attached hydrogen (secondary N) is 1. The van der Waals surface area contributed by atoms with Crippen LogP contribution in [0.15, 0.2) is 24.3 Å². The quantitative estimate of drug-likeness (QED) is 0.908. The van der Waals surface area contributed by atoms with Crippen LogP contribution in [-0.4, -0.2) is 22.9 Å². The maximum absolute atomic E-state index is 13.4. The first kappa shape index (κ1) is 12.6. The Labute approximate surface area is 112 Å². The van der Waals surface area contributed by atoms with E-state index in [0.29, 0.717) is 6.04 Å². The summed E-state index contributed by atoms with van der Waals surface area (Å²) in [6.45, 7) is 2.00. The molecule has 2 aliphatic rings. The average Bonchev–Trinajstić information content (AvgIpc) is 2.65. The number of carbonyl (C=O) groups is 1. The van der Waals surface area contributed by atoms with Crippen molar-refractivity contribution in [1.29, 1.82) is 0 Å². The number of hydrogen-bond acceptors (Lipinski definition) is 2. The zero-order valence-electron chi connectivity index (χ0n) is 11.1. The highest BCUT2D eigenvalue weighted by Gasteiger charge is 2.43. The summed E-state index contributed by atoms with van der Waals surface area (Å²) in [5, 5.41) is 3.34. The van der Waals surface area contributed by atoms with Crippen LogP contribution in [0.25, 0.3) is 0 Å². The molecule has 102 valence electrons. The zero-order chi connectivity index (χ0) is 13.4. The second kappa shape index (κ2) is 4.93. The molecule has 0 spiro atoms. The van der Waals surface area contributed by atoms with E-state index < -0.39 is 0 Å². The summed E-state index contributed by atoms with van der Waals surface area (Å²) in [6.07, 6.45) is 3.92. The summed E-state index contributed by atoms with van der Waals surface area (Å²) in [5.41, 5.74) is 0.844. The van der Waals surface area contributed by atoms with Crippen molar-refractivity contribution in [2.75, 3.05) is 0 Å². The minimum atomic E-state index is -0.250. The van der Waals surface area contributed by atoms with Gasteiger partial charge in [0.2, 0.25) is 5.91 Å². The zero-order valence-corrected chi connectivity index (χ0v) is 11.1. The Morgan fingerprint density at radius 1 is 1.42 bits per heavy atom. The Balaban J connectivity index is 1.91. The van der Waals surface area contributed by atoms with Crippen LogP contribution < -0.4 is 5.32 Å². The molecule has 3 nitrogen and oxygen atoms in total. The van der Waals surface area contributed by atoms with Gasteiger partial charge in [0.25, 0.3) is 0 Å². The minimum Gasteiger partial charge on any atom is -0.319 e. The molecule has 1 aliphatic carbocycles. The fourth-order valence-corrected chi connectivity index (χ4v) is 2.93. The highest BCUT2D eigenvalue weighted by atomic mass is 19.1. The van der Waals surface area contributed by atoms with E-state index in [4.69, 9.17) is 0 Å². The first-order valence-electron chi connectivity index (χ1n) is 7.04. The van der Waals surface area contributed by atoms with Gasteiger partial charge >= 0.3 is 0 Å². The maximum atomic E-state index is 13.4. The predicted octanol–water partition coefficient (Wildman–Crippen LogP) is 2.59. The molecular formula is C15H19FN2O. The van der Waals surface area contributed by atoms with Gasteiger partial charge in [-0.3, -0.25) is 10.1 Å². The summed E-state index contributed by atoms with van der Waals surface area (Å²) >= 11 is 0. The Bertz CT molecular complexity index is 487. The second-order valence-electron chi connectivity index (χ2n) is 5.42. The summed E-state index contributed by atoms with van der Waals surface area (Å²) in [4.78, 5) is 14.3. The lowest BCUT2D eigenvalue weighted by atomic mass is 9.90. The fourth-order valence-electron chi connectivity index (χ4n) is 2.93. The average molecular weight is 262 g/mol. The summed E-state index contributed by atoms with van der Waals surface area (Å²) in [7, 11) is 0. The molecule has 1 aliphatic heterocycles. The van der Waals surface area contributed by atoms with E-state index in [9.17, 15) is 9.18 Å². The Kier molecular flexibility index (Phi) is 3.27. The highest BCUT2D eigenvalue weighted by molar-refractivity contribution is 5.85. The molecule has 2 atom stereocenters. The molecule has 1 aromatic rings. The van der Waals surface area contributed by atoms with Crippen LogP contribution in [0.4, 0.5) is 4.39 Å². The number of benzene rings is 1. The van der Waals surface area contributed by atoms with Gasteiger partial charge in [0.05, 0.1) is 6.04 Å². The van der Waals surface area contributed by atoms with Crippen LogP contribution >= 0.6 is 0 Å². The summed E-state index contributed by atoms with van der Waals surface area (Å²) in [6, 6.07) is 6.74. The third-order valence-corrected chi connectivity index (χ3v) is 4.23. The van der Waals surface area contributed by atoms with E-state index in [1.165, 1.54) is 18.6 Å². The van der Waals surface area contributed by atoms with Crippen molar-refractivity contribution in [2.24, 2.45) is 0 Å². The van der Waals surface area contributed by atoms with Gasteiger partial charge in [-0.25, -0.2) is 4.39 Å². The smallest absolute Gasteiger partial charge is 0.241 e. The Hall–Kier alpha value is -1.42. The molecule has 0 aromatic heterocycles. The van der Waals surface area contributed by atoms with Gasteiger partial charge in [0.15, 0.2) is 0 Å². The number of rotatable bonds is 3. The molecule has 1 saturated carbocycles. The molecule has 1 heterocycles. The molecule has 2 unspecified atom stereocenters. The Morgan fingerprint density at radius 3 is 2.79 bits per heavy atom. The van der Waals surface area contributed by atoms with Gasteiger partial charge in [0, 0.05) is 6.04 Å². The van der Waals surface area contributed by atoms with Gasteiger partial charge in [-0.1, -0.05) is 19.1 Å². The monoisotopic (exact) mass is 262 g/mol. The van der Waals surface area contributed by atoms with Gasteiger partial charge in [-0.15, -0.1) is 0 Å². The molecule has 1 saturated heterocycles. The van der Waals surface area contributed by atoms with Crippen molar-refractivity contribution in [3.8, 4) is 0 Å². The lowest BCUT2D eigenvalue weighted by molar-refractivity contribution is -0.134. The largest absolute Gasteiger partial charge is 0.319 e. The molecule has 1 N–H and O–H groups in total. The van der Waals surface area contributed by atoms with Crippen molar-refractivity contribution in [2.45, 2.75) is 50.9 Å². The first-order chi connectivity index (χ1) is 9.20. The molecular weight excluding hydrogens is 243 g/mol. The third kappa shape index (κ3) is 2.14. The van der Waals surface area contributed by atoms with E-state index in [1.54, 1.807) is 6.07 Å². The number of halogens is 1. The van der Waals surface area contributed by atoms with E-state index in [-0.39, 0.29) is 23.9 Å². The van der Waals surface area contributed by atoms with Crippen LogP contribution in [0.5, 0.6) is 0 Å².